The highest BCUT2D eigenvalue weighted by atomic mass is 127. The quantitative estimate of drug-likeness (QED) is 0.264. The maximum absolute atomic E-state index is 5.94. The van der Waals surface area contributed by atoms with E-state index in [0.717, 1.165) is 41.7 Å². The smallest absolute Gasteiger partial charge is 0.191 e. The number of rotatable bonds is 11. The Hall–Kier alpha value is -2.00. The van der Waals surface area contributed by atoms with E-state index in [1.54, 1.807) is 0 Å². The first kappa shape index (κ1) is 26.0. The molecule has 0 spiro atoms. The molecular formula is C23H35IN4O2. The second kappa shape index (κ2) is 14.9. The van der Waals surface area contributed by atoms with Crippen molar-refractivity contribution < 1.29 is 9.47 Å². The number of halogens is 1. The molecule has 0 atom stereocenters. The summed E-state index contributed by atoms with van der Waals surface area (Å²) in [5, 5.41) is 6.70. The largest absolute Gasteiger partial charge is 0.494 e. The van der Waals surface area contributed by atoms with E-state index in [2.05, 4.69) is 34.6 Å². The fraction of sp³-hybridized carbons (Fsp3) is 0.435. The van der Waals surface area contributed by atoms with Crippen LogP contribution in [0.2, 0.25) is 0 Å². The molecule has 7 heteroatoms. The summed E-state index contributed by atoms with van der Waals surface area (Å²) in [6, 6.07) is 16.1. The molecule has 2 aromatic carbocycles. The van der Waals surface area contributed by atoms with Crippen LogP contribution in [-0.4, -0.2) is 51.3 Å². The van der Waals surface area contributed by atoms with Crippen molar-refractivity contribution in [2.75, 3.05) is 40.4 Å². The van der Waals surface area contributed by atoms with Crippen molar-refractivity contribution in [1.82, 2.24) is 15.5 Å². The summed E-state index contributed by atoms with van der Waals surface area (Å²) in [4.78, 5) is 6.85. The molecule has 0 aliphatic rings. The van der Waals surface area contributed by atoms with Gasteiger partial charge in [0, 0.05) is 30.8 Å². The zero-order chi connectivity index (χ0) is 20.9. The maximum Gasteiger partial charge on any atom is 0.191 e. The molecule has 0 aliphatic heterocycles. The first-order chi connectivity index (χ1) is 14.1. The Labute approximate surface area is 198 Å². The molecule has 6 nitrogen and oxygen atoms in total. The molecular weight excluding hydrogens is 491 g/mol. The summed E-state index contributed by atoms with van der Waals surface area (Å²) < 4.78 is 11.7. The van der Waals surface area contributed by atoms with Gasteiger partial charge in [0.15, 0.2) is 5.96 Å². The molecule has 0 aliphatic carbocycles. The van der Waals surface area contributed by atoms with E-state index in [9.17, 15) is 0 Å². The lowest BCUT2D eigenvalue weighted by molar-refractivity contribution is 0.259. The van der Waals surface area contributed by atoms with E-state index in [4.69, 9.17) is 14.5 Å². The van der Waals surface area contributed by atoms with Crippen LogP contribution in [0.1, 0.15) is 25.0 Å². The van der Waals surface area contributed by atoms with E-state index < -0.39 is 0 Å². The first-order valence-corrected chi connectivity index (χ1v) is 10.2. The predicted octanol–water partition coefficient (Wildman–Crippen LogP) is 3.90. The molecule has 0 heterocycles. The Bertz CT molecular complexity index is 768. The highest BCUT2D eigenvalue weighted by molar-refractivity contribution is 14.0. The molecule has 0 aromatic heterocycles. The highest BCUT2D eigenvalue weighted by Crippen LogP contribution is 2.19. The lowest BCUT2D eigenvalue weighted by Gasteiger charge is -2.15. The molecule has 0 radical (unpaired) electrons. The molecule has 0 saturated heterocycles. The monoisotopic (exact) mass is 526 g/mol. The summed E-state index contributed by atoms with van der Waals surface area (Å²) in [6.45, 7) is 8.21. The molecule has 0 fully saturated rings. The summed E-state index contributed by atoms with van der Waals surface area (Å²) in [7, 11) is 4.08. The van der Waals surface area contributed by atoms with Crippen LogP contribution in [0.3, 0.4) is 0 Å². The minimum absolute atomic E-state index is 0. The number of ether oxygens (including phenoxy) is 2. The van der Waals surface area contributed by atoms with Gasteiger partial charge in [0.1, 0.15) is 18.1 Å². The van der Waals surface area contributed by atoms with E-state index in [1.165, 1.54) is 0 Å². The predicted molar refractivity (Wildman–Crippen MR) is 135 cm³/mol. The van der Waals surface area contributed by atoms with Crippen LogP contribution in [-0.2, 0) is 13.1 Å². The van der Waals surface area contributed by atoms with Crippen molar-refractivity contribution in [3.8, 4) is 11.5 Å². The Morgan fingerprint density at radius 3 is 2.17 bits per heavy atom. The van der Waals surface area contributed by atoms with Crippen LogP contribution in [0.25, 0.3) is 0 Å². The summed E-state index contributed by atoms with van der Waals surface area (Å²) in [6.07, 6.45) is 0. The average molecular weight is 526 g/mol. The van der Waals surface area contributed by atoms with Crippen LogP contribution in [0.4, 0.5) is 0 Å². The van der Waals surface area contributed by atoms with Gasteiger partial charge in [-0.3, -0.25) is 0 Å². The Morgan fingerprint density at radius 2 is 1.53 bits per heavy atom. The first-order valence-electron chi connectivity index (χ1n) is 10.2. The molecule has 2 rings (SSSR count). The van der Waals surface area contributed by atoms with Crippen molar-refractivity contribution in [2.24, 2.45) is 4.99 Å². The van der Waals surface area contributed by atoms with Gasteiger partial charge in [-0.25, -0.2) is 4.99 Å². The third-order valence-electron chi connectivity index (χ3n) is 4.24. The minimum atomic E-state index is 0. The second-order valence-corrected chi connectivity index (χ2v) is 6.85. The summed E-state index contributed by atoms with van der Waals surface area (Å²) in [5.74, 6) is 2.55. The van der Waals surface area contributed by atoms with Gasteiger partial charge in [-0.1, -0.05) is 36.4 Å². The van der Waals surface area contributed by atoms with Crippen molar-refractivity contribution in [3.05, 3.63) is 59.7 Å². The van der Waals surface area contributed by atoms with Gasteiger partial charge in [0.2, 0.25) is 0 Å². The maximum atomic E-state index is 5.94. The molecule has 30 heavy (non-hydrogen) atoms. The van der Waals surface area contributed by atoms with Gasteiger partial charge in [-0.15, -0.1) is 24.0 Å². The lowest BCUT2D eigenvalue weighted by atomic mass is 10.2. The van der Waals surface area contributed by atoms with Gasteiger partial charge in [-0.2, -0.15) is 0 Å². The van der Waals surface area contributed by atoms with Crippen molar-refractivity contribution >= 4 is 29.9 Å². The Kier molecular flexibility index (Phi) is 12.9. The number of hydrogen-bond acceptors (Lipinski definition) is 4. The SMILES string of the molecule is CCNC(=NCc1ccccc1OCCN(C)C)NCc1ccccc1OCC.I. The van der Waals surface area contributed by atoms with Crippen molar-refractivity contribution in [2.45, 2.75) is 26.9 Å². The molecule has 166 valence electrons. The van der Waals surface area contributed by atoms with Gasteiger partial charge < -0.3 is 25.0 Å². The third kappa shape index (κ3) is 9.21. The Morgan fingerprint density at radius 1 is 0.900 bits per heavy atom. The van der Waals surface area contributed by atoms with Crippen LogP contribution in [0.5, 0.6) is 11.5 Å². The molecule has 0 amide bonds. The van der Waals surface area contributed by atoms with Gasteiger partial charge in [-0.05, 0) is 40.1 Å². The molecule has 0 unspecified atom stereocenters. The Balaban J connectivity index is 0.00000450. The lowest BCUT2D eigenvalue weighted by Crippen LogP contribution is -2.36. The van der Waals surface area contributed by atoms with Crippen LogP contribution < -0.4 is 20.1 Å². The number of para-hydroxylation sites is 2. The number of hydrogen-bond donors (Lipinski definition) is 2. The van der Waals surface area contributed by atoms with Crippen LogP contribution in [0, 0.1) is 0 Å². The van der Waals surface area contributed by atoms with E-state index >= 15 is 0 Å². The van der Waals surface area contributed by atoms with E-state index in [0.29, 0.717) is 26.3 Å². The number of benzene rings is 2. The van der Waals surface area contributed by atoms with Crippen LogP contribution in [0.15, 0.2) is 53.5 Å². The normalized spacial score (nSPS) is 11.0. The fourth-order valence-corrected chi connectivity index (χ4v) is 2.74. The molecule has 0 bridgehead atoms. The van der Waals surface area contributed by atoms with Gasteiger partial charge in [0.05, 0.1) is 13.2 Å². The summed E-state index contributed by atoms with van der Waals surface area (Å²) in [5.41, 5.74) is 2.17. The number of nitrogens with one attached hydrogen (secondary N) is 2. The third-order valence-corrected chi connectivity index (χ3v) is 4.24. The topological polar surface area (TPSA) is 58.1 Å². The van der Waals surface area contributed by atoms with Gasteiger partial charge in [0.25, 0.3) is 0 Å². The van der Waals surface area contributed by atoms with Crippen molar-refractivity contribution in [1.29, 1.82) is 0 Å². The zero-order valence-electron chi connectivity index (χ0n) is 18.5. The number of likely N-dealkylation sites (N-methyl/N-ethyl adjacent to an activating group) is 1. The van der Waals surface area contributed by atoms with Gasteiger partial charge >= 0.3 is 0 Å². The number of guanidine groups is 1. The van der Waals surface area contributed by atoms with Crippen molar-refractivity contribution in [3.63, 3.8) is 0 Å². The fourth-order valence-electron chi connectivity index (χ4n) is 2.74. The number of nitrogens with zero attached hydrogens (tertiary/aromatic N) is 2. The van der Waals surface area contributed by atoms with E-state index in [1.807, 2.05) is 57.4 Å². The second-order valence-electron chi connectivity index (χ2n) is 6.85. The highest BCUT2D eigenvalue weighted by Gasteiger charge is 2.06. The molecule has 2 N–H and O–H groups in total. The molecule has 0 saturated carbocycles. The van der Waals surface area contributed by atoms with Crippen LogP contribution >= 0.6 is 24.0 Å². The molecule has 2 aromatic rings. The minimum Gasteiger partial charge on any atom is -0.494 e. The zero-order valence-corrected chi connectivity index (χ0v) is 20.8. The average Bonchev–Trinajstić information content (AvgIpc) is 2.72. The standard InChI is InChI=1S/C23H34N4O2.HI/c1-5-24-23(25-17-19-11-7-9-13-21(19)28-6-2)26-18-20-12-8-10-14-22(20)29-16-15-27(3)4;/h7-14H,5-6,15-18H2,1-4H3,(H2,24,25,26);1H. The summed E-state index contributed by atoms with van der Waals surface area (Å²) >= 11 is 0. The number of aliphatic imine (C=N–C) groups is 1. The van der Waals surface area contributed by atoms with E-state index in [-0.39, 0.29) is 24.0 Å².